The Morgan fingerprint density at radius 1 is 0.909 bits per heavy atom. The summed E-state index contributed by atoms with van der Waals surface area (Å²) < 4.78 is 5.80. The maximum atomic E-state index is 2.51. The molecular weight excluding hydrogens is 431 g/mol. The minimum atomic E-state index is -1.41. The molecule has 0 radical (unpaired) electrons. The van der Waals surface area contributed by atoms with E-state index in [0.717, 1.165) is 3.67 Å². The molecule has 1 unspecified atom stereocenters. The number of fused-ring (bicyclic) bond motifs is 1. The number of rotatable bonds is 2. The first kappa shape index (κ1) is 15.9. The van der Waals surface area contributed by atoms with Crippen molar-refractivity contribution >= 4 is 6.08 Å². The molecule has 1 heteroatoms. The van der Waals surface area contributed by atoms with Gasteiger partial charge in [-0.05, 0) is 0 Å². The molecule has 0 saturated heterocycles. The van der Waals surface area contributed by atoms with Crippen LogP contribution < -0.4 is 0 Å². The van der Waals surface area contributed by atoms with Crippen LogP contribution in [0.25, 0.3) is 17.2 Å². The second kappa shape index (κ2) is 5.92. The van der Waals surface area contributed by atoms with Gasteiger partial charge in [-0.2, -0.15) is 0 Å². The van der Waals surface area contributed by atoms with Gasteiger partial charge in [0.25, 0.3) is 0 Å². The summed E-state index contributed by atoms with van der Waals surface area (Å²) in [6.45, 7) is 6.81. The van der Waals surface area contributed by atoms with Gasteiger partial charge in [0.05, 0.1) is 0 Å². The molecular formula is C21H25Hf. The van der Waals surface area contributed by atoms with E-state index in [4.69, 9.17) is 0 Å². The molecule has 0 heterocycles. The number of allylic oxidation sites excluding steroid dienone is 1. The van der Waals surface area contributed by atoms with E-state index in [1.54, 1.807) is 5.56 Å². The van der Waals surface area contributed by atoms with E-state index < -0.39 is 21.4 Å². The molecule has 1 atom stereocenters. The summed E-state index contributed by atoms with van der Waals surface area (Å²) in [5.41, 5.74) is 7.38. The van der Waals surface area contributed by atoms with Crippen LogP contribution in [0.5, 0.6) is 0 Å². The van der Waals surface area contributed by atoms with Crippen molar-refractivity contribution in [2.75, 3.05) is 0 Å². The molecule has 0 fully saturated rings. The van der Waals surface area contributed by atoms with Crippen molar-refractivity contribution in [1.82, 2.24) is 0 Å². The van der Waals surface area contributed by atoms with Crippen LogP contribution in [0, 0.1) is 0 Å². The summed E-state index contributed by atoms with van der Waals surface area (Å²) in [6, 6.07) is 16.0. The van der Waals surface area contributed by atoms with Gasteiger partial charge < -0.3 is 0 Å². The van der Waals surface area contributed by atoms with Gasteiger partial charge in [-0.25, -0.2) is 0 Å². The van der Waals surface area contributed by atoms with Crippen LogP contribution in [0.1, 0.15) is 41.1 Å². The van der Waals surface area contributed by atoms with Crippen molar-refractivity contribution in [1.29, 1.82) is 0 Å². The Hall–Kier alpha value is -0.950. The van der Waals surface area contributed by atoms with Gasteiger partial charge in [-0.3, -0.25) is 0 Å². The normalized spacial score (nSPS) is 16.7. The molecule has 113 valence electrons. The fourth-order valence-electron chi connectivity index (χ4n) is 3.24. The van der Waals surface area contributed by atoms with Crippen molar-refractivity contribution in [3.8, 4) is 11.1 Å². The first-order valence-electron chi connectivity index (χ1n) is 8.10. The third-order valence-electron chi connectivity index (χ3n) is 4.61. The minimum absolute atomic E-state index is 0.217. The fraction of sp³-hybridized carbons (Fsp3) is 0.333. The van der Waals surface area contributed by atoms with Gasteiger partial charge in [0.15, 0.2) is 0 Å². The first-order valence-corrected chi connectivity index (χ1v) is 17.4. The van der Waals surface area contributed by atoms with Crippen molar-refractivity contribution in [3.05, 3.63) is 65.2 Å². The molecule has 0 saturated carbocycles. The molecule has 1 aliphatic carbocycles. The molecule has 2 aromatic carbocycles. The van der Waals surface area contributed by atoms with Crippen LogP contribution in [0.4, 0.5) is 0 Å². The third kappa shape index (κ3) is 2.93. The summed E-state index contributed by atoms with van der Waals surface area (Å²) in [6.07, 6.45) is 4.82. The predicted octanol–water partition coefficient (Wildman–Crippen LogP) is 6.43. The van der Waals surface area contributed by atoms with E-state index in [1.165, 1.54) is 22.3 Å². The van der Waals surface area contributed by atoms with Crippen molar-refractivity contribution in [3.63, 3.8) is 0 Å². The van der Waals surface area contributed by atoms with Crippen molar-refractivity contribution < 1.29 is 21.4 Å². The molecule has 1 aliphatic rings. The second-order valence-electron chi connectivity index (χ2n) is 7.55. The molecule has 0 amide bonds. The Balaban J connectivity index is 2.02. The van der Waals surface area contributed by atoms with Crippen molar-refractivity contribution in [2.45, 2.75) is 39.2 Å². The summed E-state index contributed by atoms with van der Waals surface area (Å²) in [7, 11) is 0. The second-order valence-corrected chi connectivity index (χ2v) is 17.5. The summed E-state index contributed by atoms with van der Waals surface area (Å²) in [4.78, 5) is 0. The third-order valence-corrected chi connectivity index (χ3v) is 10.9. The van der Waals surface area contributed by atoms with Crippen molar-refractivity contribution in [2.24, 2.45) is 0 Å². The molecule has 2 aromatic rings. The number of hydrogen-bond donors (Lipinski definition) is 0. The zero-order valence-corrected chi connectivity index (χ0v) is 17.9. The van der Waals surface area contributed by atoms with Gasteiger partial charge >= 0.3 is 143 Å². The van der Waals surface area contributed by atoms with E-state index in [0.29, 0.717) is 0 Å². The standard InChI is InChI=1S/C19H19.2CH3.Hf/c1-19(2,3)16-12-10-15(11-13-16)18-9-5-7-14-6-4-8-17(14)18;;;/h4-13H,1-3H3;2*1H3;. The summed E-state index contributed by atoms with van der Waals surface area (Å²) >= 11 is -1.41. The van der Waals surface area contributed by atoms with Crippen LogP contribution >= 0.6 is 0 Å². The zero-order valence-electron chi connectivity index (χ0n) is 14.3. The van der Waals surface area contributed by atoms with Gasteiger partial charge in [0, 0.05) is 0 Å². The molecule has 0 spiro atoms. The molecule has 0 nitrogen and oxygen atoms in total. The van der Waals surface area contributed by atoms with Crippen LogP contribution in [-0.2, 0) is 26.9 Å². The maximum absolute atomic E-state index is 2.51. The summed E-state index contributed by atoms with van der Waals surface area (Å²) in [5, 5.41) is 0. The Bertz CT molecular complexity index is 700. The topological polar surface area (TPSA) is 0 Å². The van der Waals surface area contributed by atoms with E-state index >= 15 is 0 Å². The molecule has 3 rings (SSSR count). The molecule has 0 N–H and O–H groups in total. The van der Waals surface area contributed by atoms with E-state index in [2.05, 4.69) is 84.7 Å². The molecule has 0 aliphatic heterocycles. The van der Waals surface area contributed by atoms with Gasteiger partial charge in [-0.15, -0.1) is 0 Å². The predicted molar refractivity (Wildman–Crippen MR) is 94.1 cm³/mol. The average molecular weight is 456 g/mol. The molecule has 0 bridgehead atoms. The SMILES string of the molecule is [CH3][Hf]([CH3])[CH]1C=Cc2c(-c3ccc(C(C)(C)C)cc3)cccc21. The Morgan fingerprint density at radius 2 is 1.59 bits per heavy atom. The summed E-state index contributed by atoms with van der Waals surface area (Å²) in [5.74, 6) is 0. The van der Waals surface area contributed by atoms with Gasteiger partial charge in [0.2, 0.25) is 0 Å². The van der Waals surface area contributed by atoms with Crippen LogP contribution in [0.3, 0.4) is 0 Å². The molecule has 0 aromatic heterocycles. The van der Waals surface area contributed by atoms with Crippen LogP contribution in [-0.4, -0.2) is 0 Å². The van der Waals surface area contributed by atoms with Crippen LogP contribution in [0.15, 0.2) is 48.5 Å². The average Bonchev–Trinajstić information content (AvgIpc) is 2.90. The Kier molecular flexibility index (Phi) is 4.29. The Morgan fingerprint density at radius 3 is 2.18 bits per heavy atom. The van der Waals surface area contributed by atoms with Gasteiger partial charge in [-0.1, -0.05) is 0 Å². The van der Waals surface area contributed by atoms with E-state index in [-0.39, 0.29) is 5.41 Å². The number of hydrogen-bond acceptors (Lipinski definition) is 0. The van der Waals surface area contributed by atoms with Crippen LogP contribution in [0.2, 0.25) is 9.36 Å². The van der Waals surface area contributed by atoms with E-state index in [1.807, 2.05) is 0 Å². The fourth-order valence-corrected chi connectivity index (χ4v) is 8.11. The quantitative estimate of drug-likeness (QED) is 0.457. The van der Waals surface area contributed by atoms with Gasteiger partial charge in [0.1, 0.15) is 0 Å². The number of benzene rings is 2. The Labute approximate surface area is 142 Å². The monoisotopic (exact) mass is 457 g/mol. The van der Waals surface area contributed by atoms with E-state index in [9.17, 15) is 0 Å². The zero-order chi connectivity index (χ0) is 15.9. The first-order chi connectivity index (χ1) is 10.4. The molecule has 22 heavy (non-hydrogen) atoms.